The fraction of sp³-hybridized carbons (Fsp3) is 0.364. The average molecular weight is 287 g/mol. The van der Waals surface area contributed by atoms with E-state index in [-0.39, 0.29) is 22.0 Å². The van der Waals surface area contributed by atoms with E-state index in [1.807, 2.05) is 19.0 Å². The molecule has 0 unspecified atom stereocenters. The number of carbonyl (C=O) groups is 1. The number of hydrogen-bond acceptors (Lipinski definition) is 5. The molecule has 0 saturated heterocycles. The molecule has 0 fully saturated rings. The van der Waals surface area contributed by atoms with E-state index in [0.29, 0.717) is 13.1 Å². The SMILES string of the molecule is CN(C)CCNC(=O)c1cc(Cl)c(N)c([N+](=O)[O-])c1. The summed E-state index contributed by atoms with van der Waals surface area (Å²) >= 11 is 5.77. The van der Waals surface area contributed by atoms with Crippen LogP contribution in [0.5, 0.6) is 0 Å². The van der Waals surface area contributed by atoms with Gasteiger partial charge in [-0.15, -0.1) is 0 Å². The van der Waals surface area contributed by atoms with E-state index < -0.39 is 10.8 Å². The zero-order chi connectivity index (χ0) is 14.6. The topological polar surface area (TPSA) is 102 Å². The lowest BCUT2D eigenvalue weighted by Crippen LogP contribution is -2.31. The molecule has 0 saturated carbocycles. The fourth-order valence-electron chi connectivity index (χ4n) is 1.38. The Bertz CT molecular complexity index is 505. The zero-order valence-electron chi connectivity index (χ0n) is 10.6. The Morgan fingerprint density at radius 2 is 2.16 bits per heavy atom. The summed E-state index contributed by atoms with van der Waals surface area (Å²) in [5.74, 6) is -0.424. The number of nitrogens with two attached hydrogens (primary N) is 1. The van der Waals surface area contributed by atoms with Crippen LogP contribution in [-0.4, -0.2) is 42.9 Å². The lowest BCUT2D eigenvalue weighted by Gasteiger charge is -2.11. The molecular weight excluding hydrogens is 272 g/mol. The van der Waals surface area contributed by atoms with Crippen molar-refractivity contribution in [1.82, 2.24) is 10.2 Å². The second-order valence-corrected chi connectivity index (χ2v) is 4.61. The predicted molar refractivity (Wildman–Crippen MR) is 73.4 cm³/mol. The second kappa shape index (κ2) is 6.35. The third-order valence-corrected chi connectivity index (χ3v) is 2.72. The van der Waals surface area contributed by atoms with Crippen LogP contribution in [0.3, 0.4) is 0 Å². The van der Waals surface area contributed by atoms with Crippen LogP contribution in [0.1, 0.15) is 10.4 Å². The number of amides is 1. The number of nitrogens with zero attached hydrogens (tertiary/aromatic N) is 2. The van der Waals surface area contributed by atoms with Gasteiger partial charge in [0.05, 0.1) is 9.95 Å². The van der Waals surface area contributed by atoms with Gasteiger partial charge in [0.15, 0.2) is 0 Å². The molecule has 8 heteroatoms. The van der Waals surface area contributed by atoms with E-state index >= 15 is 0 Å². The van der Waals surface area contributed by atoms with Gasteiger partial charge in [-0.2, -0.15) is 0 Å². The van der Waals surface area contributed by atoms with Gasteiger partial charge < -0.3 is 16.0 Å². The van der Waals surface area contributed by atoms with Crippen molar-refractivity contribution in [2.24, 2.45) is 0 Å². The van der Waals surface area contributed by atoms with Crippen LogP contribution >= 0.6 is 11.6 Å². The van der Waals surface area contributed by atoms with Crippen molar-refractivity contribution in [3.05, 3.63) is 32.8 Å². The molecule has 1 rings (SSSR count). The summed E-state index contributed by atoms with van der Waals surface area (Å²) in [7, 11) is 3.74. The molecule has 7 nitrogen and oxygen atoms in total. The lowest BCUT2D eigenvalue weighted by atomic mass is 10.1. The van der Waals surface area contributed by atoms with Crippen molar-refractivity contribution in [3.63, 3.8) is 0 Å². The molecule has 1 aromatic rings. The Labute approximate surface area is 115 Å². The molecular formula is C11H15ClN4O3. The third kappa shape index (κ3) is 4.08. The van der Waals surface area contributed by atoms with Crippen molar-refractivity contribution in [2.75, 3.05) is 32.9 Å². The largest absolute Gasteiger partial charge is 0.392 e. The van der Waals surface area contributed by atoms with Crippen molar-refractivity contribution in [2.45, 2.75) is 0 Å². The minimum absolute atomic E-state index is 0.00744. The quantitative estimate of drug-likeness (QED) is 0.480. The molecule has 0 atom stereocenters. The number of rotatable bonds is 5. The van der Waals surface area contributed by atoms with Crippen molar-refractivity contribution >= 4 is 28.9 Å². The van der Waals surface area contributed by atoms with E-state index in [1.54, 1.807) is 0 Å². The summed E-state index contributed by atoms with van der Waals surface area (Å²) in [5, 5.41) is 13.4. The van der Waals surface area contributed by atoms with Crippen LogP contribution in [0.4, 0.5) is 11.4 Å². The smallest absolute Gasteiger partial charge is 0.294 e. The molecule has 0 aliphatic carbocycles. The molecule has 19 heavy (non-hydrogen) atoms. The first-order valence-corrected chi connectivity index (χ1v) is 5.87. The number of nitro benzene ring substituents is 1. The number of anilines is 1. The highest BCUT2D eigenvalue weighted by Crippen LogP contribution is 2.30. The first-order chi connectivity index (χ1) is 8.82. The number of hydrogen-bond donors (Lipinski definition) is 2. The standard InChI is InChI=1S/C11H15ClN4O3/c1-15(2)4-3-14-11(17)7-5-8(12)10(13)9(6-7)16(18)19/h5-6H,3-4,13H2,1-2H3,(H,14,17). The highest BCUT2D eigenvalue weighted by molar-refractivity contribution is 6.34. The first-order valence-electron chi connectivity index (χ1n) is 5.49. The van der Waals surface area contributed by atoms with Crippen molar-refractivity contribution < 1.29 is 9.72 Å². The maximum atomic E-state index is 11.8. The van der Waals surface area contributed by atoms with Crippen LogP contribution in [0, 0.1) is 10.1 Å². The van der Waals surface area contributed by atoms with Crippen LogP contribution in [0.25, 0.3) is 0 Å². The Balaban J connectivity index is 2.89. The Hall–Kier alpha value is -1.86. The molecule has 0 aromatic heterocycles. The van der Waals surface area contributed by atoms with Gasteiger partial charge in [-0.25, -0.2) is 0 Å². The molecule has 0 aliphatic rings. The van der Waals surface area contributed by atoms with Gasteiger partial charge in [-0.1, -0.05) is 11.6 Å². The number of nitrogen functional groups attached to an aromatic ring is 1. The summed E-state index contributed by atoms with van der Waals surface area (Å²) in [6.07, 6.45) is 0. The van der Waals surface area contributed by atoms with E-state index in [1.165, 1.54) is 6.07 Å². The molecule has 1 amide bonds. The van der Waals surface area contributed by atoms with Gasteiger partial charge in [0.2, 0.25) is 0 Å². The van der Waals surface area contributed by atoms with E-state index in [0.717, 1.165) is 6.07 Å². The number of nitrogens with one attached hydrogen (secondary N) is 1. The van der Waals surface area contributed by atoms with E-state index in [2.05, 4.69) is 5.32 Å². The van der Waals surface area contributed by atoms with Gasteiger partial charge in [0.25, 0.3) is 11.6 Å². The number of nitro groups is 1. The Morgan fingerprint density at radius 3 is 2.68 bits per heavy atom. The van der Waals surface area contributed by atoms with Gasteiger partial charge in [0, 0.05) is 24.7 Å². The molecule has 3 N–H and O–H groups in total. The molecule has 0 spiro atoms. The van der Waals surface area contributed by atoms with Crippen molar-refractivity contribution in [3.8, 4) is 0 Å². The molecule has 0 aliphatic heterocycles. The number of likely N-dealkylation sites (N-methyl/N-ethyl adjacent to an activating group) is 1. The van der Waals surface area contributed by atoms with Crippen LogP contribution in [-0.2, 0) is 0 Å². The number of halogens is 1. The first kappa shape index (κ1) is 15.2. The van der Waals surface area contributed by atoms with E-state index in [4.69, 9.17) is 17.3 Å². The fourth-order valence-corrected chi connectivity index (χ4v) is 1.59. The molecule has 0 radical (unpaired) electrons. The van der Waals surface area contributed by atoms with Gasteiger partial charge in [0.1, 0.15) is 5.69 Å². The zero-order valence-corrected chi connectivity index (χ0v) is 11.4. The molecule has 104 valence electrons. The summed E-state index contributed by atoms with van der Waals surface area (Å²) < 4.78 is 0. The van der Waals surface area contributed by atoms with Gasteiger partial charge in [-0.3, -0.25) is 14.9 Å². The van der Waals surface area contributed by atoms with Crippen molar-refractivity contribution in [1.29, 1.82) is 0 Å². The molecule has 0 heterocycles. The highest BCUT2D eigenvalue weighted by Gasteiger charge is 2.19. The molecule has 0 bridgehead atoms. The van der Waals surface area contributed by atoms with Gasteiger partial charge in [-0.05, 0) is 20.2 Å². The number of carbonyl (C=O) groups excluding carboxylic acids is 1. The Kier molecular flexibility index (Phi) is 5.08. The summed E-state index contributed by atoms with van der Waals surface area (Å²) in [6.45, 7) is 1.10. The Morgan fingerprint density at radius 1 is 1.53 bits per heavy atom. The van der Waals surface area contributed by atoms with Crippen LogP contribution < -0.4 is 11.1 Å². The molecule has 1 aromatic carbocycles. The van der Waals surface area contributed by atoms with Crippen LogP contribution in [0.15, 0.2) is 12.1 Å². The normalized spacial score (nSPS) is 10.5. The summed E-state index contributed by atoms with van der Waals surface area (Å²) in [6, 6.07) is 2.43. The maximum absolute atomic E-state index is 11.8. The van der Waals surface area contributed by atoms with E-state index in [9.17, 15) is 14.9 Å². The maximum Gasteiger partial charge on any atom is 0.294 e. The summed E-state index contributed by atoms with van der Waals surface area (Å²) in [5.41, 5.74) is 5.08. The lowest BCUT2D eigenvalue weighted by molar-refractivity contribution is -0.383. The van der Waals surface area contributed by atoms with Gasteiger partial charge >= 0.3 is 0 Å². The van der Waals surface area contributed by atoms with Crippen LogP contribution in [0.2, 0.25) is 5.02 Å². The predicted octanol–water partition coefficient (Wildman–Crippen LogP) is 1.12. The third-order valence-electron chi connectivity index (χ3n) is 2.41. The minimum atomic E-state index is -0.669. The highest BCUT2D eigenvalue weighted by atomic mass is 35.5. The summed E-state index contributed by atoms with van der Waals surface area (Å²) in [4.78, 5) is 23.8. The number of benzene rings is 1. The minimum Gasteiger partial charge on any atom is -0.392 e. The monoisotopic (exact) mass is 286 g/mol. The second-order valence-electron chi connectivity index (χ2n) is 4.21. The average Bonchev–Trinajstić information content (AvgIpc) is 2.31.